The highest BCUT2D eigenvalue weighted by Gasteiger charge is 2.57. The summed E-state index contributed by atoms with van der Waals surface area (Å²) in [5, 5.41) is 75.6. The molecule has 0 spiro atoms. The van der Waals surface area contributed by atoms with E-state index in [2.05, 4.69) is 110 Å². The van der Waals surface area contributed by atoms with Crippen LogP contribution in [0.25, 0.3) is 22.3 Å². The molecule has 9 rings (SSSR count). The molecule has 2 saturated carbocycles. The summed E-state index contributed by atoms with van der Waals surface area (Å²) in [6.07, 6.45) is 4.81. The molecule has 3 fully saturated rings. The van der Waals surface area contributed by atoms with Gasteiger partial charge in [0.15, 0.2) is 61.7 Å². The molecule has 64 heavy (non-hydrogen) atoms. The molecule has 0 amide bonds. The minimum Gasteiger partial charge on any atom is -0.390 e. The van der Waals surface area contributed by atoms with Crippen molar-refractivity contribution in [1.29, 1.82) is 0 Å². The summed E-state index contributed by atoms with van der Waals surface area (Å²) in [5.74, 6) is 2.95. The first-order chi connectivity index (χ1) is 30.6. The summed E-state index contributed by atoms with van der Waals surface area (Å²) < 4.78 is 16.1. The van der Waals surface area contributed by atoms with Gasteiger partial charge in [-0.2, -0.15) is 10.4 Å². The normalized spacial score (nSPS) is 24.8. The smallest absolute Gasteiger partial charge is 0.191 e. The van der Waals surface area contributed by atoms with Gasteiger partial charge in [-0.05, 0) is 52.4 Å². The van der Waals surface area contributed by atoms with Gasteiger partial charge in [-0.1, -0.05) is 92.3 Å². The number of aromatic amines is 2. The van der Waals surface area contributed by atoms with Gasteiger partial charge in [0.25, 0.3) is 0 Å². The number of hydrogen-bond acceptors (Lipinski definition) is 22. The quantitative estimate of drug-likeness (QED) is 0.0399. The molecule has 3 aliphatic rings. The lowest BCUT2D eigenvalue weighted by molar-refractivity contribution is -0.157. The lowest BCUT2D eigenvalue weighted by Crippen LogP contribution is -2.29. The maximum atomic E-state index is 10.7. The number of aromatic nitrogens is 18. The number of rotatable bonds is 18. The van der Waals surface area contributed by atoms with E-state index in [0.717, 1.165) is 74.1 Å². The summed E-state index contributed by atoms with van der Waals surface area (Å²) >= 11 is 3.21. The number of fused-ring (bicyclic) bond motifs is 3. The average Bonchev–Trinajstić information content (AvgIpc) is 4.15. The van der Waals surface area contributed by atoms with Gasteiger partial charge in [-0.15, -0.1) is 30.6 Å². The van der Waals surface area contributed by atoms with Crippen LogP contribution in [0.5, 0.6) is 0 Å². The van der Waals surface area contributed by atoms with Gasteiger partial charge >= 0.3 is 0 Å². The molecule has 0 unspecified atom stereocenters. The van der Waals surface area contributed by atoms with E-state index in [0.29, 0.717) is 57.8 Å². The van der Waals surface area contributed by atoms with Gasteiger partial charge in [0, 0.05) is 24.6 Å². The molecule has 26 heteroatoms. The van der Waals surface area contributed by atoms with Gasteiger partial charge < -0.3 is 30.3 Å². The zero-order chi connectivity index (χ0) is 44.1. The summed E-state index contributed by atoms with van der Waals surface area (Å²) in [6.45, 7) is 14.0. The monoisotopic (exact) mass is 924 g/mol. The second kappa shape index (κ2) is 21.0. The fourth-order valence-corrected chi connectivity index (χ4v) is 9.59. The van der Waals surface area contributed by atoms with E-state index in [1.807, 2.05) is 18.5 Å². The highest BCUT2D eigenvalue weighted by molar-refractivity contribution is 7.99. The number of aliphatic hydroxyl groups excluding tert-OH is 2. The van der Waals surface area contributed by atoms with Crippen LogP contribution in [-0.4, -0.2) is 156 Å². The first kappa shape index (κ1) is 47.2. The SMILES string of the molecule is C.CCCCNc1nc(SCCC)nc2c1nnn2[C@@H]1C[C@H](c2nn[nH]n2)[C@@H](O)[C@H]1O.CCCCNc1nc(SCCC)nc2c1nnn2[C@@H]1C[C@H](c2nn[nH]n2)[C@H]2OC(C)(C)O[C@H]21. The number of nitrogens with zero attached hydrogens (tertiary/aromatic N) is 16. The first-order valence-corrected chi connectivity index (χ1v) is 23.8. The van der Waals surface area contributed by atoms with Crippen LogP contribution in [0.4, 0.5) is 11.6 Å². The van der Waals surface area contributed by atoms with E-state index in [1.54, 1.807) is 28.2 Å². The van der Waals surface area contributed by atoms with Crippen LogP contribution >= 0.6 is 23.5 Å². The Morgan fingerprint density at radius 2 is 1.16 bits per heavy atom. The van der Waals surface area contributed by atoms with Crippen molar-refractivity contribution >= 4 is 57.5 Å². The highest BCUT2D eigenvalue weighted by atomic mass is 32.2. The van der Waals surface area contributed by atoms with Gasteiger partial charge in [0.2, 0.25) is 0 Å². The van der Waals surface area contributed by atoms with Crippen molar-refractivity contribution in [1.82, 2.24) is 91.2 Å². The van der Waals surface area contributed by atoms with E-state index < -0.39 is 30.0 Å². The molecule has 1 saturated heterocycles. The Hall–Kier alpha value is -4.76. The Bertz CT molecular complexity index is 2380. The van der Waals surface area contributed by atoms with Crippen LogP contribution in [0.3, 0.4) is 0 Å². The first-order valence-electron chi connectivity index (χ1n) is 21.8. The minimum atomic E-state index is -1.06. The molecule has 6 aromatic heterocycles. The lowest BCUT2D eigenvalue weighted by atomic mass is 10.1. The highest BCUT2D eigenvalue weighted by Crippen LogP contribution is 2.50. The third-order valence-electron chi connectivity index (χ3n) is 11.2. The van der Waals surface area contributed by atoms with Crippen LogP contribution in [0, 0.1) is 0 Å². The number of aliphatic hydroxyl groups is 2. The maximum absolute atomic E-state index is 10.7. The molecule has 8 atom stereocenters. The third-order valence-corrected chi connectivity index (χ3v) is 13.3. The van der Waals surface area contributed by atoms with E-state index in [-0.39, 0.29) is 31.6 Å². The van der Waals surface area contributed by atoms with E-state index in [9.17, 15) is 10.2 Å². The molecule has 2 aliphatic carbocycles. The van der Waals surface area contributed by atoms with Crippen LogP contribution < -0.4 is 10.6 Å². The van der Waals surface area contributed by atoms with Crippen LogP contribution in [0.15, 0.2) is 10.3 Å². The fraction of sp³-hybridized carbons (Fsp3) is 0.737. The van der Waals surface area contributed by atoms with E-state index >= 15 is 0 Å². The molecule has 0 radical (unpaired) electrons. The summed E-state index contributed by atoms with van der Waals surface area (Å²) in [4.78, 5) is 18.9. The largest absolute Gasteiger partial charge is 0.390 e. The fourth-order valence-electron chi connectivity index (χ4n) is 8.20. The van der Waals surface area contributed by atoms with Gasteiger partial charge in [0.1, 0.15) is 12.2 Å². The number of thioether (sulfide) groups is 2. The second-order valence-electron chi connectivity index (χ2n) is 16.3. The van der Waals surface area contributed by atoms with E-state index in [4.69, 9.17) is 19.4 Å². The van der Waals surface area contributed by atoms with Crippen LogP contribution in [0.1, 0.15) is 136 Å². The molecule has 24 nitrogen and oxygen atoms in total. The Balaban J connectivity index is 0.000000189. The number of ether oxygens (including phenoxy) is 2. The molecule has 1 aliphatic heterocycles. The number of unbranched alkanes of at least 4 members (excludes halogenated alkanes) is 2. The van der Waals surface area contributed by atoms with Gasteiger partial charge in [-0.25, -0.2) is 29.3 Å². The maximum Gasteiger partial charge on any atom is 0.191 e. The van der Waals surface area contributed by atoms with Crippen molar-refractivity contribution in [3.8, 4) is 0 Å². The molecule has 0 aromatic carbocycles. The predicted molar refractivity (Wildman–Crippen MR) is 239 cm³/mol. The summed E-state index contributed by atoms with van der Waals surface area (Å²) in [7, 11) is 0. The number of tetrazole rings is 2. The van der Waals surface area contributed by atoms with Crippen molar-refractivity contribution in [2.75, 3.05) is 35.2 Å². The van der Waals surface area contributed by atoms with Gasteiger partial charge in [-0.3, -0.25) is 0 Å². The number of nitrogens with one attached hydrogen (secondary N) is 4. The average molecular weight is 925 g/mol. The Labute approximate surface area is 378 Å². The van der Waals surface area contributed by atoms with Crippen LogP contribution in [0.2, 0.25) is 0 Å². The summed E-state index contributed by atoms with van der Waals surface area (Å²) in [6, 6.07) is -0.649. The lowest BCUT2D eigenvalue weighted by Gasteiger charge is -2.22. The summed E-state index contributed by atoms with van der Waals surface area (Å²) in [5.41, 5.74) is 2.46. The standard InChI is InChI=1S/C20H30N10O2S.C17H26N10O2S.CH4/c1-5-7-8-21-17-13-18(23-19(22-17)33-9-6-2)30(29-24-13)12-10-11(16-25-27-28-26-16)14-15(12)32-20(3,4)31-14;1-3-5-6-18-15-11-16(20-17(19-15)30-7-4-2)27(26-21-11)10-8-9(12(28)13(10)29)14-22-24-25-23-14;/h11-12,14-15H,5-10H2,1-4H3,(H,21,22,23)(H,25,26,27,28);9-10,12-13,28-29H,3-8H2,1-2H3,(H,18,19,20)(H,22,23,24,25);1H4/t11-,12+,14+,15-;9-,10+,12+,13-;/m00./s1. The number of hydrogen-bond donors (Lipinski definition) is 6. The minimum absolute atomic E-state index is 0. The van der Waals surface area contributed by atoms with Gasteiger partial charge in [0.05, 0.1) is 36.1 Å². The Kier molecular flexibility index (Phi) is 15.5. The van der Waals surface area contributed by atoms with Crippen molar-refractivity contribution in [3.63, 3.8) is 0 Å². The molecule has 348 valence electrons. The Morgan fingerprint density at radius 3 is 1.66 bits per heavy atom. The van der Waals surface area contributed by atoms with Crippen molar-refractivity contribution in [2.24, 2.45) is 0 Å². The molecule has 0 bridgehead atoms. The van der Waals surface area contributed by atoms with E-state index in [1.165, 1.54) is 0 Å². The molecular weight excluding hydrogens is 865 g/mol. The molecular formula is C38H60N20O4S2. The molecule has 6 aromatic rings. The zero-order valence-corrected chi connectivity index (χ0v) is 37.9. The molecule has 6 N–H and O–H groups in total. The second-order valence-corrected chi connectivity index (χ2v) is 18.4. The predicted octanol–water partition coefficient (Wildman–Crippen LogP) is 4.23. The topological polar surface area (TPSA) is 305 Å². The van der Waals surface area contributed by atoms with Crippen molar-refractivity contribution in [3.05, 3.63) is 11.6 Å². The van der Waals surface area contributed by atoms with Crippen LogP contribution in [-0.2, 0) is 9.47 Å². The Morgan fingerprint density at radius 1 is 0.656 bits per heavy atom. The molecule has 7 heterocycles. The number of H-pyrrole nitrogens is 2. The van der Waals surface area contributed by atoms with Crippen molar-refractivity contribution < 1.29 is 19.7 Å². The van der Waals surface area contributed by atoms with Crippen molar-refractivity contribution in [2.45, 2.75) is 165 Å². The third kappa shape index (κ3) is 9.90. The zero-order valence-electron chi connectivity index (χ0n) is 36.3. The number of anilines is 2.